The minimum atomic E-state index is -0.450. The minimum absolute atomic E-state index is 0.0197. The van der Waals surface area contributed by atoms with Gasteiger partial charge in [-0.1, -0.05) is 39.0 Å². The molecule has 0 fully saturated rings. The summed E-state index contributed by atoms with van der Waals surface area (Å²) in [5.74, 6) is 2.04. The number of rotatable bonds is 12. The van der Waals surface area contributed by atoms with E-state index in [1.165, 1.54) is 22.3 Å². The number of ether oxygens (including phenoxy) is 3. The molecule has 1 N–H and O–H groups in total. The molecular formula is C29H34N4O4S. The van der Waals surface area contributed by atoms with Gasteiger partial charge in [0.25, 0.3) is 5.91 Å². The van der Waals surface area contributed by atoms with E-state index < -0.39 is 5.91 Å². The summed E-state index contributed by atoms with van der Waals surface area (Å²) in [7, 11) is 0. The molecule has 2 aliphatic heterocycles. The molecule has 2 aromatic carbocycles. The van der Waals surface area contributed by atoms with Crippen molar-refractivity contribution in [2.24, 2.45) is 10.1 Å². The molecule has 0 aromatic heterocycles. The number of nitrogens with one attached hydrogen (secondary N) is 1. The predicted octanol–water partition coefficient (Wildman–Crippen LogP) is 6.48. The standard InChI is InChI=1S/C29H34N4O4S/c1-5-8-26-32-33-27(30)23(28(34)31-29(33)38-26)17-20-9-14-24(25(18-20)35-7-3)37-16-15-36-22-12-10-21(11-13-22)19(4)6-2/h9-14,17-19,30H,5-8,15-16H2,1-4H3/b23-17+,30-27?/t19-/m0/s1. The number of aliphatic imine (C=N–C) groups is 1. The summed E-state index contributed by atoms with van der Waals surface area (Å²) in [5.41, 5.74) is 2.19. The third-order valence-corrected chi connectivity index (χ3v) is 7.18. The number of carbonyl (C=O) groups excluding carboxylic acids is 1. The van der Waals surface area contributed by atoms with E-state index in [0.717, 1.165) is 30.1 Å². The highest BCUT2D eigenvalue weighted by Crippen LogP contribution is 2.32. The Bertz CT molecular complexity index is 1270. The first-order chi connectivity index (χ1) is 18.4. The Balaban J connectivity index is 1.41. The normalized spacial score (nSPS) is 16.7. The number of fused-ring (bicyclic) bond motifs is 1. The van der Waals surface area contributed by atoms with Crippen molar-refractivity contribution in [3.63, 3.8) is 0 Å². The lowest BCUT2D eigenvalue weighted by atomic mass is 9.99. The van der Waals surface area contributed by atoms with Crippen molar-refractivity contribution in [3.8, 4) is 17.2 Å². The van der Waals surface area contributed by atoms with Crippen LogP contribution in [0.3, 0.4) is 0 Å². The van der Waals surface area contributed by atoms with Crippen LogP contribution in [-0.2, 0) is 4.79 Å². The summed E-state index contributed by atoms with van der Waals surface area (Å²) >= 11 is 1.35. The summed E-state index contributed by atoms with van der Waals surface area (Å²) < 4.78 is 17.6. The number of amides is 1. The predicted molar refractivity (Wildman–Crippen MR) is 154 cm³/mol. The molecule has 0 spiro atoms. The number of hydrogen-bond acceptors (Lipinski definition) is 7. The molecular weight excluding hydrogens is 500 g/mol. The molecule has 200 valence electrons. The zero-order valence-electron chi connectivity index (χ0n) is 22.3. The molecule has 2 heterocycles. The third kappa shape index (κ3) is 6.45. The Hall–Kier alpha value is -3.59. The van der Waals surface area contributed by atoms with Crippen LogP contribution in [0.25, 0.3) is 6.08 Å². The first kappa shape index (κ1) is 27.4. The van der Waals surface area contributed by atoms with Gasteiger partial charge in [-0.3, -0.25) is 10.2 Å². The highest BCUT2D eigenvalue weighted by atomic mass is 32.2. The number of carbonyl (C=O) groups is 1. The summed E-state index contributed by atoms with van der Waals surface area (Å²) in [4.78, 5) is 16.8. The second kappa shape index (κ2) is 12.8. The van der Waals surface area contributed by atoms with E-state index in [1.807, 2.05) is 25.1 Å². The number of hydrazone groups is 1. The SMILES string of the molecule is CCCC1=NN2C(=N)/C(=C\c3ccc(OCCOc4ccc([C@@H](C)CC)cc4)c(OCC)c3)C(=O)N=C2S1. The van der Waals surface area contributed by atoms with Crippen LogP contribution >= 0.6 is 11.8 Å². The molecule has 2 aliphatic rings. The molecule has 1 amide bonds. The monoisotopic (exact) mass is 534 g/mol. The van der Waals surface area contributed by atoms with Gasteiger partial charge in [-0.25, -0.2) is 0 Å². The van der Waals surface area contributed by atoms with E-state index in [2.05, 4.69) is 43.0 Å². The summed E-state index contributed by atoms with van der Waals surface area (Å²) in [6.07, 6.45) is 4.46. The molecule has 1 atom stereocenters. The molecule has 0 saturated carbocycles. The Morgan fingerprint density at radius 2 is 1.79 bits per heavy atom. The van der Waals surface area contributed by atoms with E-state index in [1.54, 1.807) is 18.2 Å². The van der Waals surface area contributed by atoms with Crippen molar-refractivity contribution in [2.45, 2.75) is 52.9 Å². The first-order valence-corrected chi connectivity index (χ1v) is 13.9. The van der Waals surface area contributed by atoms with Crippen molar-refractivity contribution in [2.75, 3.05) is 19.8 Å². The zero-order valence-corrected chi connectivity index (χ0v) is 23.1. The Labute approximate surface area is 228 Å². The molecule has 0 bridgehead atoms. The van der Waals surface area contributed by atoms with Gasteiger partial charge in [-0.2, -0.15) is 15.1 Å². The van der Waals surface area contributed by atoms with Gasteiger partial charge < -0.3 is 14.2 Å². The van der Waals surface area contributed by atoms with Gasteiger partial charge in [0, 0.05) is 0 Å². The van der Waals surface area contributed by atoms with Gasteiger partial charge in [0.1, 0.15) is 24.0 Å². The minimum Gasteiger partial charge on any atom is -0.490 e. The molecule has 4 rings (SSSR count). The highest BCUT2D eigenvalue weighted by molar-refractivity contribution is 8.26. The maximum Gasteiger partial charge on any atom is 0.283 e. The molecule has 9 heteroatoms. The van der Waals surface area contributed by atoms with Crippen LogP contribution in [-0.4, -0.2) is 46.8 Å². The Morgan fingerprint density at radius 1 is 1.03 bits per heavy atom. The maximum absolute atomic E-state index is 12.7. The summed E-state index contributed by atoms with van der Waals surface area (Å²) in [5, 5.41) is 15.7. The largest absolute Gasteiger partial charge is 0.490 e. The van der Waals surface area contributed by atoms with Crippen LogP contribution in [0, 0.1) is 5.41 Å². The van der Waals surface area contributed by atoms with Gasteiger partial charge >= 0.3 is 0 Å². The lowest BCUT2D eigenvalue weighted by molar-refractivity contribution is -0.114. The third-order valence-electron chi connectivity index (χ3n) is 6.21. The van der Waals surface area contributed by atoms with Crippen LogP contribution in [0.5, 0.6) is 17.2 Å². The van der Waals surface area contributed by atoms with Crippen LogP contribution in [0.1, 0.15) is 64.0 Å². The van der Waals surface area contributed by atoms with E-state index >= 15 is 0 Å². The smallest absolute Gasteiger partial charge is 0.283 e. The van der Waals surface area contributed by atoms with Crippen molar-refractivity contribution >= 4 is 39.8 Å². The Morgan fingerprint density at radius 3 is 2.50 bits per heavy atom. The lowest BCUT2D eigenvalue weighted by Gasteiger charge is -2.20. The fraction of sp³-hybridized carbons (Fsp3) is 0.379. The van der Waals surface area contributed by atoms with Crippen molar-refractivity contribution in [1.82, 2.24) is 5.01 Å². The number of nitrogens with zero attached hydrogens (tertiary/aromatic N) is 3. The Kier molecular flexibility index (Phi) is 9.23. The average molecular weight is 535 g/mol. The van der Waals surface area contributed by atoms with Gasteiger partial charge in [0.2, 0.25) is 5.17 Å². The summed E-state index contributed by atoms with van der Waals surface area (Å²) in [6, 6.07) is 13.6. The first-order valence-electron chi connectivity index (χ1n) is 13.0. The fourth-order valence-electron chi connectivity index (χ4n) is 3.95. The molecule has 0 radical (unpaired) electrons. The second-order valence-corrected chi connectivity index (χ2v) is 10.0. The maximum atomic E-state index is 12.7. The van der Waals surface area contributed by atoms with Gasteiger partial charge in [0.15, 0.2) is 17.3 Å². The average Bonchev–Trinajstić information content (AvgIpc) is 3.32. The molecule has 0 saturated heterocycles. The van der Waals surface area contributed by atoms with Crippen LogP contribution in [0.15, 0.2) is 58.1 Å². The number of thioether (sulfide) groups is 1. The number of hydrogen-bond donors (Lipinski definition) is 1. The second-order valence-electron chi connectivity index (χ2n) is 8.98. The van der Waals surface area contributed by atoms with Gasteiger partial charge in [0.05, 0.1) is 12.2 Å². The topological polar surface area (TPSA) is 96.6 Å². The van der Waals surface area contributed by atoms with Gasteiger partial charge in [-0.05, 0) is 85.3 Å². The lowest BCUT2D eigenvalue weighted by Crippen LogP contribution is -2.35. The van der Waals surface area contributed by atoms with Crippen molar-refractivity contribution < 1.29 is 19.0 Å². The van der Waals surface area contributed by atoms with Crippen molar-refractivity contribution in [1.29, 1.82) is 5.41 Å². The molecule has 2 aromatic rings. The number of amidine groups is 2. The molecule has 8 nitrogen and oxygen atoms in total. The molecule has 0 aliphatic carbocycles. The zero-order chi connectivity index (χ0) is 27.1. The van der Waals surface area contributed by atoms with Crippen LogP contribution in [0.4, 0.5) is 0 Å². The highest BCUT2D eigenvalue weighted by Gasteiger charge is 2.35. The van der Waals surface area contributed by atoms with Crippen LogP contribution < -0.4 is 14.2 Å². The molecule has 0 unspecified atom stereocenters. The van der Waals surface area contributed by atoms with E-state index in [0.29, 0.717) is 48.0 Å². The fourth-order valence-corrected chi connectivity index (χ4v) is 4.94. The summed E-state index contributed by atoms with van der Waals surface area (Å²) in [6.45, 7) is 9.55. The van der Waals surface area contributed by atoms with Gasteiger partial charge in [-0.15, -0.1) is 0 Å². The quantitative estimate of drug-likeness (QED) is 0.247. The molecule has 38 heavy (non-hydrogen) atoms. The van der Waals surface area contributed by atoms with E-state index in [-0.39, 0.29) is 11.4 Å². The van der Waals surface area contributed by atoms with E-state index in [4.69, 9.17) is 19.6 Å². The van der Waals surface area contributed by atoms with Crippen LogP contribution in [0.2, 0.25) is 0 Å². The number of benzene rings is 2. The van der Waals surface area contributed by atoms with E-state index in [9.17, 15) is 4.79 Å². The van der Waals surface area contributed by atoms with Crippen molar-refractivity contribution in [3.05, 3.63) is 59.2 Å².